The number of H-pyrrole nitrogens is 1. The van der Waals surface area contributed by atoms with Crippen LogP contribution in [-0.2, 0) is 4.79 Å². The second-order valence-electron chi connectivity index (χ2n) is 7.92. The van der Waals surface area contributed by atoms with Crippen molar-refractivity contribution in [2.24, 2.45) is 5.92 Å². The van der Waals surface area contributed by atoms with E-state index in [1.165, 1.54) is 16.5 Å². The van der Waals surface area contributed by atoms with E-state index in [-0.39, 0.29) is 24.4 Å². The van der Waals surface area contributed by atoms with Crippen LogP contribution in [0, 0.1) is 5.92 Å². The van der Waals surface area contributed by atoms with Gasteiger partial charge < -0.3 is 15.2 Å². The number of nitrogens with zero attached hydrogens (tertiary/aromatic N) is 1. The first kappa shape index (κ1) is 18.7. The van der Waals surface area contributed by atoms with Gasteiger partial charge in [0.2, 0.25) is 5.91 Å². The third-order valence-electron chi connectivity index (χ3n) is 6.52. The number of rotatable bonds is 2. The number of halogens is 1. The molecule has 4 N–H and O–H groups in total. The van der Waals surface area contributed by atoms with Crippen LogP contribution < -0.4 is 16.2 Å². The molecular weight excluding hydrogens is 362 g/mol. The fourth-order valence-corrected chi connectivity index (χ4v) is 5.00. The predicted molar refractivity (Wildman–Crippen MR) is 109 cm³/mol. The first-order chi connectivity index (χ1) is 12.8. The first-order valence-electron chi connectivity index (χ1n) is 9.88. The van der Waals surface area contributed by atoms with Crippen molar-refractivity contribution in [3.8, 4) is 0 Å². The van der Waals surface area contributed by atoms with Crippen molar-refractivity contribution in [3.63, 3.8) is 0 Å². The summed E-state index contributed by atoms with van der Waals surface area (Å²) in [6, 6.07) is 8.84. The van der Waals surface area contributed by atoms with Gasteiger partial charge in [0, 0.05) is 48.7 Å². The highest BCUT2D eigenvalue weighted by Crippen LogP contribution is 2.33. The highest BCUT2D eigenvalue weighted by Gasteiger charge is 2.43. The summed E-state index contributed by atoms with van der Waals surface area (Å²) in [5, 5.41) is 4.76. The molecule has 3 atom stereocenters. The zero-order valence-corrected chi connectivity index (χ0v) is 16.2. The summed E-state index contributed by atoms with van der Waals surface area (Å²) in [5.41, 5.74) is 9.22. The minimum Gasteiger partial charge on any atom is -0.361 e. The Labute approximate surface area is 165 Å². The van der Waals surface area contributed by atoms with Gasteiger partial charge in [0.1, 0.15) is 6.04 Å². The molecular formula is C20H28ClN5O. The van der Waals surface area contributed by atoms with Crippen LogP contribution in [0.4, 0.5) is 0 Å². The first-order valence-corrected chi connectivity index (χ1v) is 9.88. The number of benzene rings is 1. The van der Waals surface area contributed by atoms with Crippen LogP contribution in [0.3, 0.4) is 0 Å². The maximum absolute atomic E-state index is 13.1. The van der Waals surface area contributed by atoms with Crippen molar-refractivity contribution in [2.75, 3.05) is 26.2 Å². The number of nitrogens with one attached hydrogen (secondary N) is 4. The quantitative estimate of drug-likeness (QED) is 0.631. The molecule has 7 heteroatoms. The molecule has 1 amide bonds. The second kappa shape index (κ2) is 7.80. The molecule has 5 rings (SSSR count). The van der Waals surface area contributed by atoms with E-state index in [1.807, 2.05) is 0 Å². The topological polar surface area (TPSA) is 72.2 Å². The molecule has 0 saturated carbocycles. The Morgan fingerprint density at radius 2 is 1.89 bits per heavy atom. The van der Waals surface area contributed by atoms with Gasteiger partial charge in [-0.3, -0.25) is 10.2 Å². The largest absolute Gasteiger partial charge is 0.361 e. The number of piperidine rings is 2. The molecule has 1 aromatic heterocycles. The fourth-order valence-electron chi connectivity index (χ4n) is 5.00. The molecule has 0 aliphatic carbocycles. The van der Waals surface area contributed by atoms with E-state index in [1.54, 1.807) is 0 Å². The van der Waals surface area contributed by atoms with Crippen LogP contribution in [-0.4, -0.2) is 54.1 Å². The van der Waals surface area contributed by atoms with E-state index in [0.29, 0.717) is 17.9 Å². The molecule has 146 valence electrons. The van der Waals surface area contributed by atoms with Gasteiger partial charge in [0.25, 0.3) is 0 Å². The van der Waals surface area contributed by atoms with E-state index in [4.69, 9.17) is 0 Å². The molecule has 2 aromatic rings. The monoisotopic (exact) mass is 389 g/mol. The molecule has 3 aliphatic heterocycles. The zero-order valence-electron chi connectivity index (χ0n) is 15.4. The number of hydrazine groups is 1. The number of carbonyl (C=O) groups excluding carboxylic acids is 1. The van der Waals surface area contributed by atoms with E-state index in [0.717, 1.165) is 45.4 Å². The lowest BCUT2D eigenvalue weighted by molar-refractivity contribution is -0.135. The van der Waals surface area contributed by atoms with Crippen molar-refractivity contribution < 1.29 is 4.79 Å². The Balaban J connectivity index is 0.00000180. The van der Waals surface area contributed by atoms with Gasteiger partial charge in [-0.15, -0.1) is 12.4 Å². The third-order valence-corrected chi connectivity index (χ3v) is 6.52. The Hall–Kier alpha value is -1.60. The summed E-state index contributed by atoms with van der Waals surface area (Å²) in [4.78, 5) is 18.5. The molecule has 1 aromatic carbocycles. The predicted octanol–water partition coefficient (Wildman–Crippen LogP) is 1.75. The Kier molecular flexibility index (Phi) is 5.41. The lowest BCUT2D eigenvalue weighted by atomic mass is 9.86. The number of aromatic amines is 1. The van der Waals surface area contributed by atoms with Gasteiger partial charge >= 0.3 is 0 Å². The van der Waals surface area contributed by atoms with Crippen molar-refractivity contribution in [2.45, 2.75) is 37.3 Å². The van der Waals surface area contributed by atoms with Crippen molar-refractivity contribution in [1.82, 2.24) is 26.1 Å². The summed E-state index contributed by atoms with van der Waals surface area (Å²) in [5.74, 6) is 1.17. The minimum absolute atomic E-state index is 0. The van der Waals surface area contributed by atoms with Gasteiger partial charge in [0.15, 0.2) is 0 Å². The number of aromatic nitrogens is 1. The number of carbonyl (C=O) groups is 1. The number of para-hydroxylation sites is 1. The van der Waals surface area contributed by atoms with Gasteiger partial charge in [-0.05, 0) is 43.4 Å². The standard InChI is InChI=1S/C20H27N5O.ClH/c26-20(19-16-11-21-8-5-18(16)23-24-19)25-9-6-13(7-10-25)15-12-22-17-4-2-1-3-14(15)17;/h1-4,12-13,16,18-19,21-24H,5-11H2;1H. The van der Waals surface area contributed by atoms with Crippen LogP contribution >= 0.6 is 12.4 Å². The van der Waals surface area contributed by atoms with Gasteiger partial charge in [-0.25, -0.2) is 5.43 Å². The molecule has 0 bridgehead atoms. The van der Waals surface area contributed by atoms with Crippen LogP contribution in [0.1, 0.15) is 30.7 Å². The molecule has 6 nitrogen and oxygen atoms in total. The average molecular weight is 390 g/mol. The van der Waals surface area contributed by atoms with Crippen LogP contribution in [0.5, 0.6) is 0 Å². The fraction of sp³-hybridized carbons (Fsp3) is 0.550. The van der Waals surface area contributed by atoms with E-state index in [9.17, 15) is 4.79 Å². The smallest absolute Gasteiger partial charge is 0.241 e. The highest BCUT2D eigenvalue weighted by atomic mass is 35.5. The lowest BCUT2D eigenvalue weighted by Gasteiger charge is -2.35. The summed E-state index contributed by atoms with van der Waals surface area (Å²) >= 11 is 0. The summed E-state index contributed by atoms with van der Waals surface area (Å²) in [6.07, 6.45) is 5.33. The van der Waals surface area contributed by atoms with Gasteiger partial charge in [-0.2, -0.15) is 0 Å². The van der Waals surface area contributed by atoms with E-state index < -0.39 is 0 Å². The van der Waals surface area contributed by atoms with E-state index >= 15 is 0 Å². The normalized spacial score (nSPS) is 28.7. The lowest BCUT2D eigenvalue weighted by Crippen LogP contribution is -2.52. The Morgan fingerprint density at radius 1 is 1.07 bits per heavy atom. The zero-order chi connectivity index (χ0) is 17.5. The Morgan fingerprint density at radius 3 is 2.74 bits per heavy atom. The van der Waals surface area contributed by atoms with Crippen molar-refractivity contribution in [1.29, 1.82) is 0 Å². The van der Waals surface area contributed by atoms with Crippen LogP contribution in [0.2, 0.25) is 0 Å². The number of hydrogen-bond donors (Lipinski definition) is 4. The number of hydrogen-bond acceptors (Lipinski definition) is 4. The number of fused-ring (bicyclic) bond motifs is 2. The molecule has 0 spiro atoms. The highest BCUT2D eigenvalue weighted by molar-refractivity contribution is 5.85. The molecule has 4 heterocycles. The average Bonchev–Trinajstić information content (AvgIpc) is 3.32. The molecule has 3 fully saturated rings. The maximum Gasteiger partial charge on any atom is 0.241 e. The van der Waals surface area contributed by atoms with Crippen LogP contribution in [0.25, 0.3) is 10.9 Å². The maximum atomic E-state index is 13.1. The summed E-state index contributed by atoms with van der Waals surface area (Å²) in [6.45, 7) is 3.66. The SMILES string of the molecule is Cl.O=C(C1NNC2CCNCC21)N1CCC(c2c[nH]c3ccccc23)CC1. The van der Waals surface area contributed by atoms with Crippen LogP contribution in [0.15, 0.2) is 30.5 Å². The van der Waals surface area contributed by atoms with Crippen molar-refractivity contribution >= 4 is 29.2 Å². The molecule has 3 aliphatic rings. The molecule has 3 unspecified atom stereocenters. The number of likely N-dealkylation sites (tertiary alicyclic amines) is 1. The van der Waals surface area contributed by atoms with Crippen molar-refractivity contribution in [3.05, 3.63) is 36.0 Å². The molecule has 3 saturated heterocycles. The molecule has 27 heavy (non-hydrogen) atoms. The third kappa shape index (κ3) is 3.36. The number of amides is 1. The van der Waals surface area contributed by atoms with Gasteiger partial charge in [-0.1, -0.05) is 18.2 Å². The second-order valence-corrected chi connectivity index (χ2v) is 7.92. The minimum atomic E-state index is -0.0857. The van der Waals surface area contributed by atoms with E-state index in [2.05, 4.69) is 56.5 Å². The molecule has 0 radical (unpaired) electrons. The summed E-state index contributed by atoms with van der Waals surface area (Å²) in [7, 11) is 0. The Bertz CT molecular complexity index is 801. The summed E-state index contributed by atoms with van der Waals surface area (Å²) < 4.78 is 0. The van der Waals surface area contributed by atoms with Gasteiger partial charge in [0.05, 0.1) is 0 Å².